The van der Waals surface area contributed by atoms with Gasteiger partial charge in [0.05, 0.1) is 0 Å². The molecule has 0 aliphatic carbocycles. The van der Waals surface area contributed by atoms with Crippen molar-refractivity contribution in [1.29, 1.82) is 0 Å². The fourth-order valence-corrected chi connectivity index (χ4v) is 1.55. The first kappa shape index (κ1) is 15.1. The molecule has 0 saturated heterocycles. The standard InChI is InChI=1S/C14H24O2/c1-3-4-5-6-7-8-9-10-14(16)12-11-13(2)15/h11-12H,3-10H2,1-2H3. The van der Waals surface area contributed by atoms with Crippen LogP contribution in [-0.4, -0.2) is 11.6 Å². The van der Waals surface area contributed by atoms with Crippen LogP contribution in [0.5, 0.6) is 0 Å². The first-order valence-corrected chi connectivity index (χ1v) is 6.38. The Bertz CT molecular complexity index is 229. The van der Waals surface area contributed by atoms with E-state index < -0.39 is 0 Å². The highest BCUT2D eigenvalue weighted by atomic mass is 16.1. The summed E-state index contributed by atoms with van der Waals surface area (Å²) in [5.74, 6) is 0.0108. The maximum atomic E-state index is 11.2. The third kappa shape index (κ3) is 11.2. The molecule has 0 unspecified atom stereocenters. The van der Waals surface area contributed by atoms with Gasteiger partial charge in [0.2, 0.25) is 0 Å². The molecule has 16 heavy (non-hydrogen) atoms. The molecule has 92 valence electrons. The summed E-state index contributed by atoms with van der Waals surface area (Å²) in [6.45, 7) is 3.66. The maximum Gasteiger partial charge on any atom is 0.155 e. The topological polar surface area (TPSA) is 34.1 Å². The smallest absolute Gasteiger partial charge is 0.155 e. The maximum absolute atomic E-state index is 11.2. The molecule has 0 aromatic carbocycles. The van der Waals surface area contributed by atoms with Crippen LogP contribution in [0.4, 0.5) is 0 Å². The Kier molecular flexibility index (Phi) is 9.98. The van der Waals surface area contributed by atoms with Gasteiger partial charge >= 0.3 is 0 Å². The first-order chi connectivity index (χ1) is 7.66. The van der Waals surface area contributed by atoms with Crippen molar-refractivity contribution in [3.05, 3.63) is 12.2 Å². The Labute approximate surface area is 99.1 Å². The van der Waals surface area contributed by atoms with Crippen molar-refractivity contribution in [2.24, 2.45) is 0 Å². The zero-order chi connectivity index (χ0) is 12.2. The number of hydrogen-bond acceptors (Lipinski definition) is 2. The van der Waals surface area contributed by atoms with Crippen LogP contribution in [0.2, 0.25) is 0 Å². The molecule has 0 amide bonds. The number of unbranched alkanes of at least 4 members (excludes halogenated alkanes) is 6. The van der Waals surface area contributed by atoms with Crippen molar-refractivity contribution in [1.82, 2.24) is 0 Å². The van der Waals surface area contributed by atoms with Gasteiger partial charge in [0.25, 0.3) is 0 Å². The zero-order valence-corrected chi connectivity index (χ0v) is 10.6. The van der Waals surface area contributed by atoms with Crippen molar-refractivity contribution >= 4 is 11.6 Å². The lowest BCUT2D eigenvalue weighted by atomic mass is 10.1. The van der Waals surface area contributed by atoms with E-state index in [9.17, 15) is 9.59 Å². The van der Waals surface area contributed by atoms with Crippen molar-refractivity contribution in [2.75, 3.05) is 0 Å². The Hall–Kier alpha value is -0.920. The molecule has 0 N–H and O–H groups in total. The lowest BCUT2D eigenvalue weighted by Gasteiger charge is -1.99. The lowest BCUT2D eigenvalue weighted by Crippen LogP contribution is -1.94. The minimum Gasteiger partial charge on any atom is -0.295 e. The van der Waals surface area contributed by atoms with E-state index >= 15 is 0 Å². The predicted octanol–water partition coefficient (Wildman–Crippen LogP) is 3.84. The molecule has 0 radical (unpaired) electrons. The van der Waals surface area contributed by atoms with Crippen LogP contribution in [-0.2, 0) is 9.59 Å². The number of ketones is 2. The number of carbonyl (C=O) groups excluding carboxylic acids is 2. The Morgan fingerprint density at radius 2 is 1.44 bits per heavy atom. The molecule has 0 saturated carbocycles. The van der Waals surface area contributed by atoms with Crippen LogP contribution in [0.1, 0.15) is 65.2 Å². The van der Waals surface area contributed by atoms with E-state index in [1.165, 1.54) is 51.2 Å². The van der Waals surface area contributed by atoms with Crippen LogP contribution in [0, 0.1) is 0 Å². The van der Waals surface area contributed by atoms with Crippen LogP contribution in [0.3, 0.4) is 0 Å². The van der Waals surface area contributed by atoms with E-state index in [2.05, 4.69) is 6.92 Å². The summed E-state index contributed by atoms with van der Waals surface area (Å²) < 4.78 is 0. The van der Waals surface area contributed by atoms with E-state index in [4.69, 9.17) is 0 Å². The third-order valence-corrected chi connectivity index (χ3v) is 2.53. The Morgan fingerprint density at radius 1 is 0.875 bits per heavy atom. The summed E-state index contributed by atoms with van der Waals surface area (Å²) >= 11 is 0. The summed E-state index contributed by atoms with van der Waals surface area (Å²) in [6.07, 6.45) is 11.8. The lowest BCUT2D eigenvalue weighted by molar-refractivity contribution is -0.116. The number of allylic oxidation sites excluding steroid dienone is 2. The molecule has 0 aromatic rings. The van der Waals surface area contributed by atoms with Gasteiger partial charge in [-0.3, -0.25) is 9.59 Å². The van der Waals surface area contributed by atoms with Gasteiger partial charge in [-0.2, -0.15) is 0 Å². The van der Waals surface area contributed by atoms with Gasteiger partial charge in [0.15, 0.2) is 11.6 Å². The minimum atomic E-state index is -0.0621. The second kappa shape index (κ2) is 10.6. The second-order valence-electron chi connectivity index (χ2n) is 4.28. The van der Waals surface area contributed by atoms with Gasteiger partial charge in [0, 0.05) is 6.42 Å². The minimum absolute atomic E-state index is 0.0621. The van der Waals surface area contributed by atoms with Crippen molar-refractivity contribution < 1.29 is 9.59 Å². The van der Waals surface area contributed by atoms with Gasteiger partial charge in [-0.05, 0) is 25.5 Å². The molecule has 0 aliphatic heterocycles. The van der Waals surface area contributed by atoms with E-state index in [0.29, 0.717) is 6.42 Å². The highest BCUT2D eigenvalue weighted by molar-refractivity contribution is 5.97. The average molecular weight is 224 g/mol. The Morgan fingerprint density at radius 3 is 2.00 bits per heavy atom. The molecule has 0 fully saturated rings. The summed E-state index contributed by atoms with van der Waals surface area (Å²) in [6, 6.07) is 0. The molecule has 0 atom stereocenters. The fraction of sp³-hybridized carbons (Fsp3) is 0.714. The van der Waals surface area contributed by atoms with E-state index in [1.54, 1.807) is 0 Å². The number of rotatable bonds is 10. The van der Waals surface area contributed by atoms with Crippen molar-refractivity contribution in [3.8, 4) is 0 Å². The average Bonchev–Trinajstić information content (AvgIpc) is 2.25. The van der Waals surface area contributed by atoms with Crippen LogP contribution >= 0.6 is 0 Å². The van der Waals surface area contributed by atoms with Crippen LogP contribution in [0.15, 0.2) is 12.2 Å². The molecule has 0 spiro atoms. The number of hydrogen-bond donors (Lipinski definition) is 0. The van der Waals surface area contributed by atoms with E-state index in [1.807, 2.05) is 0 Å². The van der Waals surface area contributed by atoms with E-state index in [-0.39, 0.29) is 11.6 Å². The largest absolute Gasteiger partial charge is 0.295 e. The van der Waals surface area contributed by atoms with Crippen LogP contribution in [0.25, 0.3) is 0 Å². The third-order valence-electron chi connectivity index (χ3n) is 2.53. The summed E-state index contributed by atoms with van der Waals surface area (Å²) in [4.78, 5) is 21.8. The molecule has 0 bridgehead atoms. The highest BCUT2D eigenvalue weighted by Crippen LogP contribution is 2.08. The Balaban J connectivity index is 3.31. The van der Waals surface area contributed by atoms with E-state index in [0.717, 1.165) is 12.8 Å². The fourth-order valence-electron chi connectivity index (χ4n) is 1.55. The SMILES string of the molecule is CCCCCCCCCC(=O)C=CC(C)=O. The molecular formula is C14H24O2. The van der Waals surface area contributed by atoms with Gasteiger partial charge in [-0.25, -0.2) is 0 Å². The molecule has 2 nitrogen and oxygen atoms in total. The van der Waals surface area contributed by atoms with Crippen molar-refractivity contribution in [2.45, 2.75) is 65.2 Å². The molecule has 0 aromatic heterocycles. The van der Waals surface area contributed by atoms with Gasteiger partial charge in [0.1, 0.15) is 0 Å². The molecule has 0 rings (SSSR count). The van der Waals surface area contributed by atoms with Gasteiger partial charge in [-0.15, -0.1) is 0 Å². The predicted molar refractivity (Wildman–Crippen MR) is 67.4 cm³/mol. The molecule has 2 heteroatoms. The molecule has 0 aliphatic rings. The summed E-state index contributed by atoms with van der Waals surface area (Å²) in [5.41, 5.74) is 0. The zero-order valence-electron chi connectivity index (χ0n) is 10.6. The first-order valence-electron chi connectivity index (χ1n) is 6.38. The molecular weight excluding hydrogens is 200 g/mol. The monoisotopic (exact) mass is 224 g/mol. The van der Waals surface area contributed by atoms with Gasteiger partial charge < -0.3 is 0 Å². The van der Waals surface area contributed by atoms with Crippen LogP contribution < -0.4 is 0 Å². The summed E-state index contributed by atoms with van der Waals surface area (Å²) in [7, 11) is 0. The highest BCUT2D eigenvalue weighted by Gasteiger charge is 1.97. The number of carbonyl (C=O) groups is 2. The van der Waals surface area contributed by atoms with Crippen molar-refractivity contribution in [3.63, 3.8) is 0 Å². The second-order valence-corrected chi connectivity index (χ2v) is 4.28. The molecule has 0 heterocycles. The summed E-state index contributed by atoms with van der Waals surface area (Å²) in [5, 5.41) is 0. The normalized spacial score (nSPS) is 10.9. The van der Waals surface area contributed by atoms with Gasteiger partial charge in [-0.1, -0.05) is 45.4 Å². The quantitative estimate of drug-likeness (QED) is 0.417.